The third-order valence-corrected chi connectivity index (χ3v) is 5.01. The highest BCUT2D eigenvalue weighted by Gasteiger charge is 2.17. The molecule has 0 radical (unpaired) electrons. The minimum atomic E-state index is 0. The van der Waals surface area contributed by atoms with Crippen molar-refractivity contribution >= 4 is 29.9 Å². The Morgan fingerprint density at radius 3 is 2.86 bits per heavy atom. The van der Waals surface area contributed by atoms with Crippen LogP contribution in [0, 0.1) is 0 Å². The average Bonchev–Trinajstić information content (AvgIpc) is 3.40. The highest BCUT2D eigenvalue weighted by Crippen LogP contribution is 2.23. The molecule has 1 saturated heterocycles. The molecule has 1 aromatic rings. The standard InChI is InChI=1S/C21H34N4O3.HI/c1-2-22-21(24-10-5-12-27-19-9-13-26-16-19)25-15-17-8-11-23-20(14-17)28-18-6-3-4-7-18;/h8,11,14,18-19H,2-7,9-10,12-13,15-16H2,1H3,(H2,22,24,25);1H. The van der Waals surface area contributed by atoms with Gasteiger partial charge in [0.25, 0.3) is 0 Å². The number of aliphatic imine (C=N–C) groups is 1. The molecule has 0 bridgehead atoms. The molecule has 7 nitrogen and oxygen atoms in total. The first-order chi connectivity index (χ1) is 13.8. The van der Waals surface area contributed by atoms with Crippen LogP contribution in [0.1, 0.15) is 51.0 Å². The van der Waals surface area contributed by atoms with Gasteiger partial charge in [-0.3, -0.25) is 0 Å². The fourth-order valence-electron chi connectivity index (χ4n) is 3.48. The summed E-state index contributed by atoms with van der Waals surface area (Å²) in [5, 5.41) is 6.66. The maximum atomic E-state index is 5.99. The molecule has 2 heterocycles. The van der Waals surface area contributed by atoms with E-state index in [9.17, 15) is 0 Å². The number of pyridine rings is 1. The number of guanidine groups is 1. The molecule has 0 spiro atoms. The van der Waals surface area contributed by atoms with Gasteiger partial charge >= 0.3 is 0 Å². The zero-order valence-corrected chi connectivity index (χ0v) is 19.7. The van der Waals surface area contributed by atoms with Crippen LogP contribution in [0.2, 0.25) is 0 Å². The molecule has 1 unspecified atom stereocenters. The second kappa shape index (κ2) is 14.0. The van der Waals surface area contributed by atoms with Gasteiger partial charge in [-0.1, -0.05) is 0 Å². The van der Waals surface area contributed by atoms with Gasteiger partial charge in [-0.05, 0) is 57.1 Å². The van der Waals surface area contributed by atoms with Gasteiger partial charge in [-0.25, -0.2) is 9.98 Å². The molecule has 1 aliphatic heterocycles. The van der Waals surface area contributed by atoms with E-state index in [1.165, 1.54) is 12.8 Å². The Morgan fingerprint density at radius 1 is 1.24 bits per heavy atom. The normalized spacial score (nSPS) is 19.8. The molecule has 2 aliphatic rings. The second-order valence-electron chi connectivity index (χ2n) is 7.36. The Labute approximate surface area is 191 Å². The Bertz CT molecular complexity index is 605. The van der Waals surface area contributed by atoms with Gasteiger partial charge in [-0.15, -0.1) is 24.0 Å². The quantitative estimate of drug-likeness (QED) is 0.214. The SMILES string of the molecule is CCNC(=NCc1ccnc(OC2CCCC2)c1)NCCCOC1CCOC1.I. The van der Waals surface area contributed by atoms with Crippen molar-refractivity contribution in [3.05, 3.63) is 23.9 Å². The molecular formula is C21H35IN4O3. The number of hydrogen-bond donors (Lipinski definition) is 2. The van der Waals surface area contributed by atoms with Gasteiger partial charge in [-0.2, -0.15) is 0 Å². The van der Waals surface area contributed by atoms with E-state index in [0.717, 1.165) is 70.1 Å². The molecular weight excluding hydrogens is 483 g/mol. The Balaban J connectivity index is 0.00000300. The Morgan fingerprint density at radius 2 is 2.10 bits per heavy atom. The van der Waals surface area contributed by atoms with Gasteiger partial charge in [0.2, 0.25) is 5.88 Å². The highest BCUT2D eigenvalue weighted by atomic mass is 127. The van der Waals surface area contributed by atoms with E-state index in [4.69, 9.17) is 14.2 Å². The van der Waals surface area contributed by atoms with Crippen LogP contribution in [0.15, 0.2) is 23.3 Å². The number of nitrogens with zero attached hydrogens (tertiary/aromatic N) is 2. The van der Waals surface area contributed by atoms with Crippen molar-refractivity contribution in [3.8, 4) is 5.88 Å². The van der Waals surface area contributed by atoms with Crippen LogP contribution in [-0.2, 0) is 16.0 Å². The van der Waals surface area contributed by atoms with Crippen LogP contribution >= 0.6 is 24.0 Å². The third-order valence-electron chi connectivity index (χ3n) is 5.01. The lowest BCUT2D eigenvalue weighted by molar-refractivity contribution is 0.0420. The Hall–Kier alpha value is -1.13. The smallest absolute Gasteiger partial charge is 0.213 e. The van der Waals surface area contributed by atoms with E-state index in [1.807, 2.05) is 12.1 Å². The molecule has 164 valence electrons. The largest absolute Gasteiger partial charge is 0.474 e. The molecule has 1 saturated carbocycles. The van der Waals surface area contributed by atoms with Gasteiger partial charge in [0, 0.05) is 38.6 Å². The van der Waals surface area contributed by atoms with E-state index in [-0.39, 0.29) is 30.1 Å². The first kappa shape index (κ1) is 24.1. The lowest BCUT2D eigenvalue weighted by atomic mass is 10.2. The molecule has 8 heteroatoms. The number of nitrogens with one attached hydrogen (secondary N) is 2. The maximum absolute atomic E-state index is 5.99. The molecule has 3 rings (SSSR count). The van der Waals surface area contributed by atoms with Crippen LogP contribution in [0.25, 0.3) is 0 Å². The van der Waals surface area contributed by atoms with E-state index < -0.39 is 0 Å². The van der Waals surface area contributed by atoms with Gasteiger partial charge < -0.3 is 24.8 Å². The van der Waals surface area contributed by atoms with E-state index >= 15 is 0 Å². The summed E-state index contributed by atoms with van der Waals surface area (Å²) in [5.74, 6) is 1.53. The summed E-state index contributed by atoms with van der Waals surface area (Å²) >= 11 is 0. The topological polar surface area (TPSA) is 77.0 Å². The minimum absolute atomic E-state index is 0. The molecule has 1 aliphatic carbocycles. The van der Waals surface area contributed by atoms with Crippen molar-refractivity contribution in [1.29, 1.82) is 0 Å². The fourth-order valence-corrected chi connectivity index (χ4v) is 3.48. The summed E-state index contributed by atoms with van der Waals surface area (Å²) in [6.07, 6.45) is 9.13. The van der Waals surface area contributed by atoms with E-state index in [1.54, 1.807) is 6.20 Å². The van der Waals surface area contributed by atoms with Crippen LogP contribution in [-0.4, -0.2) is 56.1 Å². The van der Waals surface area contributed by atoms with Crippen molar-refractivity contribution in [2.45, 2.75) is 64.2 Å². The predicted octanol–water partition coefficient (Wildman–Crippen LogP) is 3.27. The van der Waals surface area contributed by atoms with E-state index in [0.29, 0.717) is 18.5 Å². The molecule has 29 heavy (non-hydrogen) atoms. The van der Waals surface area contributed by atoms with Crippen LogP contribution in [0.3, 0.4) is 0 Å². The molecule has 0 amide bonds. The van der Waals surface area contributed by atoms with Crippen LogP contribution in [0.5, 0.6) is 5.88 Å². The zero-order valence-electron chi connectivity index (χ0n) is 17.4. The molecule has 2 fully saturated rings. The number of ether oxygens (including phenoxy) is 3. The monoisotopic (exact) mass is 518 g/mol. The van der Waals surface area contributed by atoms with Crippen molar-refractivity contribution in [2.75, 3.05) is 32.9 Å². The number of aromatic nitrogens is 1. The Kier molecular flexibility index (Phi) is 11.6. The lowest BCUT2D eigenvalue weighted by Crippen LogP contribution is -2.38. The molecule has 2 N–H and O–H groups in total. The first-order valence-corrected chi connectivity index (χ1v) is 10.7. The third kappa shape index (κ3) is 9.04. The van der Waals surface area contributed by atoms with Crippen molar-refractivity contribution < 1.29 is 14.2 Å². The zero-order chi connectivity index (χ0) is 19.4. The number of halogens is 1. The van der Waals surface area contributed by atoms with Crippen LogP contribution in [0.4, 0.5) is 0 Å². The summed E-state index contributed by atoms with van der Waals surface area (Å²) in [4.78, 5) is 9.03. The maximum Gasteiger partial charge on any atom is 0.213 e. The number of hydrogen-bond acceptors (Lipinski definition) is 5. The number of rotatable bonds is 10. The van der Waals surface area contributed by atoms with Crippen molar-refractivity contribution in [2.24, 2.45) is 4.99 Å². The van der Waals surface area contributed by atoms with Gasteiger partial charge in [0.15, 0.2) is 5.96 Å². The molecule has 0 aromatic carbocycles. The second-order valence-corrected chi connectivity index (χ2v) is 7.36. The fraction of sp³-hybridized carbons (Fsp3) is 0.714. The summed E-state index contributed by atoms with van der Waals surface area (Å²) in [5.41, 5.74) is 1.10. The van der Waals surface area contributed by atoms with E-state index in [2.05, 4.69) is 27.5 Å². The first-order valence-electron chi connectivity index (χ1n) is 10.7. The predicted molar refractivity (Wildman–Crippen MR) is 125 cm³/mol. The lowest BCUT2D eigenvalue weighted by Gasteiger charge is -2.14. The van der Waals surface area contributed by atoms with Crippen molar-refractivity contribution in [1.82, 2.24) is 15.6 Å². The van der Waals surface area contributed by atoms with Gasteiger partial charge in [0.1, 0.15) is 6.10 Å². The summed E-state index contributed by atoms with van der Waals surface area (Å²) < 4.78 is 17.1. The average molecular weight is 518 g/mol. The minimum Gasteiger partial charge on any atom is -0.474 e. The van der Waals surface area contributed by atoms with Gasteiger partial charge in [0.05, 0.1) is 19.3 Å². The highest BCUT2D eigenvalue weighted by molar-refractivity contribution is 14.0. The van der Waals surface area contributed by atoms with Crippen molar-refractivity contribution in [3.63, 3.8) is 0 Å². The molecule has 1 atom stereocenters. The summed E-state index contributed by atoms with van der Waals surface area (Å²) in [7, 11) is 0. The summed E-state index contributed by atoms with van der Waals surface area (Å²) in [6.45, 7) is 6.61. The molecule has 1 aromatic heterocycles. The summed E-state index contributed by atoms with van der Waals surface area (Å²) in [6, 6.07) is 4.00. The van der Waals surface area contributed by atoms with Crippen LogP contribution < -0.4 is 15.4 Å².